The van der Waals surface area contributed by atoms with Gasteiger partial charge >= 0.3 is 0 Å². The van der Waals surface area contributed by atoms with Crippen molar-refractivity contribution in [2.24, 2.45) is 0 Å². The normalized spacial score (nSPS) is 9.89. The molecule has 0 aromatic heterocycles. The number of hydrazine groups is 1. The van der Waals surface area contributed by atoms with Crippen LogP contribution in [0.2, 0.25) is 5.02 Å². The smallest absolute Gasteiger partial charge is 0.276 e. The summed E-state index contributed by atoms with van der Waals surface area (Å²) in [6, 6.07) is 3.47. The van der Waals surface area contributed by atoms with Crippen LogP contribution in [0.15, 0.2) is 12.1 Å². The molecule has 0 atom stereocenters. The van der Waals surface area contributed by atoms with E-state index in [-0.39, 0.29) is 12.5 Å². The molecule has 0 unspecified atom stereocenters. The predicted molar refractivity (Wildman–Crippen MR) is 73.4 cm³/mol. The van der Waals surface area contributed by atoms with E-state index in [1.54, 1.807) is 12.1 Å². The second-order valence-electron chi connectivity index (χ2n) is 3.89. The topological polar surface area (TPSA) is 67.4 Å². The molecule has 0 aliphatic heterocycles. The first-order chi connectivity index (χ1) is 8.93. The molecule has 0 aliphatic carbocycles. The second-order valence-corrected chi connectivity index (χ2v) is 4.53. The van der Waals surface area contributed by atoms with Crippen molar-refractivity contribution in [3.05, 3.63) is 28.3 Å². The van der Waals surface area contributed by atoms with Crippen LogP contribution in [0, 0.1) is 13.8 Å². The van der Waals surface area contributed by atoms with Gasteiger partial charge in [0, 0.05) is 5.02 Å². The van der Waals surface area contributed by atoms with Crippen molar-refractivity contribution in [3.8, 4) is 5.75 Å². The van der Waals surface area contributed by atoms with E-state index < -0.39 is 11.8 Å². The predicted octanol–water partition coefficient (Wildman–Crippen LogP) is 1.72. The van der Waals surface area contributed by atoms with Crippen molar-refractivity contribution in [1.82, 2.24) is 10.9 Å². The number of alkyl halides is 1. The third-order valence-electron chi connectivity index (χ3n) is 2.24. The van der Waals surface area contributed by atoms with Crippen LogP contribution in [0.4, 0.5) is 0 Å². The maximum absolute atomic E-state index is 11.4. The number of ether oxygens (including phenoxy) is 1. The first-order valence-electron chi connectivity index (χ1n) is 5.47. The lowest BCUT2D eigenvalue weighted by molar-refractivity contribution is -0.128. The van der Waals surface area contributed by atoms with Crippen LogP contribution in [0.3, 0.4) is 0 Å². The van der Waals surface area contributed by atoms with Crippen LogP contribution in [0.25, 0.3) is 0 Å². The number of rotatable bonds is 4. The van der Waals surface area contributed by atoms with Gasteiger partial charge in [0.25, 0.3) is 11.8 Å². The molecule has 0 spiro atoms. The van der Waals surface area contributed by atoms with Crippen LogP contribution in [0.1, 0.15) is 11.1 Å². The van der Waals surface area contributed by atoms with Gasteiger partial charge in [-0.2, -0.15) is 0 Å². The molecular formula is C12H14Cl2N2O3. The third kappa shape index (κ3) is 4.96. The molecule has 19 heavy (non-hydrogen) atoms. The van der Waals surface area contributed by atoms with Crippen LogP contribution >= 0.6 is 23.2 Å². The largest absolute Gasteiger partial charge is 0.484 e. The Morgan fingerprint density at radius 1 is 1.16 bits per heavy atom. The molecule has 2 N–H and O–H groups in total. The van der Waals surface area contributed by atoms with Crippen molar-refractivity contribution in [2.75, 3.05) is 12.5 Å². The fourth-order valence-corrected chi connectivity index (χ4v) is 1.52. The number of halogens is 2. The fourth-order valence-electron chi connectivity index (χ4n) is 1.35. The van der Waals surface area contributed by atoms with Gasteiger partial charge in [0.05, 0.1) is 0 Å². The van der Waals surface area contributed by atoms with E-state index in [2.05, 4.69) is 10.9 Å². The van der Waals surface area contributed by atoms with E-state index in [1.165, 1.54) is 0 Å². The Kier molecular flexibility index (Phi) is 5.92. The minimum atomic E-state index is -0.492. The van der Waals surface area contributed by atoms with E-state index in [0.717, 1.165) is 11.1 Å². The van der Waals surface area contributed by atoms with Crippen molar-refractivity contribution >= 4 is 35.0 Å². The van der Waals surface area contributed by atoms with E-state index in [1.807, 2.05) is 13.8 Å². The van der Waals surface area contributed by atoms with Crippen LogP contribution in [0.5, 0.6) is 5.75 Å². The van der Waals surface area contributed by atoms with Gasteiger partial charge in [-0.3, -0.25) is 20.4 Å². The van der Waals surface area contributed by atoms with E-state index >= 15 is 0 Å². The number of aryl methyl sites for hydroxylation is 2. The lowest BCUT2D eigenvalue weighted by Crippen LogP contribution is -2.44. The number of carbonyl (C=O) groups is 2. The number of nitrogens with one attached hydrogen (secondary N) is 2. The van der Waals surface area contributed by atoms with Gasteiger partial charge in [-0.05, 0) is 37.1 Å². The van der Waals surface area contributed by atoms with Crippen LogP contribution in [-0.4, -0.2) is 24.3 Å². The maximum atomic E-state index is 11.4. The molecule has 0 bridgehead atoms. The summed E-state index contributed by atoms with van der Waals surface area (Å²) < 4.78 is 5.30. The average Bonchev–Trinajstić information content (AvgIpc) is 2.39. The summed E-state index contributed by atoms with van der Waals surface area (Å²) in [5.41, 5.74) is 6.04. The minimum Gasteiger partial charge on any atom is -0.484 e. The van der Waals surface area contributed by atoms with Gasteiger partial charge < -0.3 is 4.74 Å². The number of amides is 2. The van der Waals surface area contributed by atoms with Crippen molar-refractivity contribution in [3.63, 3.8) is 0 Å². The van der Waals surface area contributed by atoms with Crippen molar-refractivity contribution < 1.29 is 14.3 Å². The quantitative estimate of drug-likeness (QED) is 0.657. The Labute approximate surface area is 121 Å². The molecule has 1 rings (SSSR count). The SMILES string of the molecule is Cc1cc(OCC(=O)NNC(=O)CCl)cc(C)c1Cl. The summed E-state index contributed by atoms with van der Waals surface area (Å²) in [5.74, 6) is -0.661. The van der Waals surface area contributed by atoms with Gasteiger partial charge in [0.15, 0.2) is 6.61 Å². The summed E-state index contributed by atoms with van der Waals surface area (Å²) in [4.78, 5) is 22.2. The molecule has 0 aliphatic rings. The standard InChI is InChI=1S/C12H14Cl2N2O3/c1-7-3-9(4-8(2)12(7)14)19-6-11(18)16-15-10(17)5-13/h3-4H,5-6H2,1-2H3,(H,15,17)(H,16,18). The highest BCUT2D eigenvalue weighted by Crippen LogP contribution is 2.25. The third-order valence-corrected chi connectivity index (χ3v) is 3.08. The second kappa shape index (κ2) is 7.21. The van der Waals surface area contributed by atoms with Gasteiger partial charge in [0.2, 0.25) is 0 Å². The summed E-state index contributed by atoms with van der Waals surface area (Å²) >= 11 is 11.3. The molecule has 1 aromatic rings. The fraction of sp³-hybridized carbons (Fsp3) is 0.333. The summed E-state index contributed by atoms with van der Waals surface area (Å²) in [7, 11) is 0. The molecule has 5 nitrogen and oxygen atoms in total. The highest BCUT2D eigenvalue weighted by Gasteiger charge is 2.07. The van der Waals surface area contributed by atoms with E-state index in [4.69, 9.17) is 27.9 Å². The molecule has 7 heteroatoms. The Bertz CT molecular complexity index is 469. The molecule has 0 saturated heterocycles. The molecule has 1 aromatic carbocycles. The molecule has 0 fully saturated rings. The van der Waals surface area contributed by atoms with E-state index in [9.17, 15) is 9.59 Å². The zero-order valence-electron chi connectivity index (χ0n) is 10.5. The van der Waals surface area contributed by atoms with Gasteiger partial charge in [0.1, 0.15) is 11.6 Å². The van der Waals surface area contributed by atoms with Crippen molar-refractivity contribution in [1.29, 1.82) is 0 Å². The Morgan fingerprint density at radius 2 is 1.68 bits per heavy atom. The van der Waals surface area contributed by atoms with Crippen LogP contribution < -0.4 is 15.6 Å². The summed E-state index contributed by atoms with van der Waals surface area (Å²) in [6.07, 6.45) is 0. The van der Waals surface area contributed by atoms with Crippen molar-refractivity contribution in [2.45, 2.75) is 13.8 Å². The molecule has 104 valence electrons. The number of benzene rings is 1. The minimum absolute atomic E-state index is 0.219. The highest BCUT2D eigenvalue weighted by atomic mass is 35.5. The first-order valence-corrected chi connectivity index (χ1v) is 6.38. The lowest BCUT2D eigenvalue weighted by Gasteiger charge is -2.10. The lowest BCUT2D eigenvalue weighted by atomic mass is 10.1. The molecule has 0 radical (unpaired) electrons. The molecular weight excluding hydrogens is 291 g/mol. The summed E-state index contributed by atoms with van der Waals surface area (Å²) in [6.45, 7) is 3.48. The highest BCUT2D eigenvalue weighted by molar-refractivity contribution is 6.32. The zero-order valence-corrected chi connectivity index (χ0v) is 12.1. The molecule has 2 amide bonds. The Morgan fingerprint density at radius 3 is 2.21 bits per heavy atom. The Hall–Kier alpha value is -1.46. The number of hydrogen-bond donors (Lipinski definition) is 2. The van der Waals surface area contributed by atoms with E-state index in [0.29, 0.717) is 10.8 Å². The number of hydrogen-bond acceptors (Lipinski definition) is 3. The summed E-state index contributed by atoms with van der Waals surface area (Å²) in [5, 5.41) is 0.672. The molecule has 0 heterocycles. The van der Waals surface area contributed by atoms with Gasteiger partial charge in [-0.25, -0.2) is 0 Å². The van der Waals surface area contributed by atoms with Gasteiger partial charge in [-0.1, -0.05) is 11.6 Å². The zero-order chi connectivity index (χ0) is 14.4. The maximum Gasteiger partial charge on any atom is 0.276 e. The van der Waals surface area contributed by atoms with Crippen LogP contribution in [-0.2, 0) is 9.59 Å². The van der Waals surface area contributed by atoms with Gasteiger partial charge in [-0.15, -0.1) is 11.6 Å². The number of carbonyl (C=O) groups excluding carboxylic acids is 2. The average molecular weight is 305 g/mol. The monoisotopic (exact) mass is 304 g/mol. The Balaban J connectivity index is 2.48. The molecule has 0 saturated carbocycles. The first kappa shape index (κ1) is 15.6.